The summed E-state index contributed by atoms with van der Waals surface area (Å²) in [5, 5.41) is 94.1. The Labute approximate surface area is 564 Å². The highest BCUT2D eigenvalue weighted by Crippen LogP contribution is 2.36. The minimum atomic E-state index is -0.809. The first-order valence-electron chi connectivity index (χ1n) is 31.7. The van der Waals surface area contributed by atoms with E-state index in [9.17, 15) is 34.5 Å². The van der Waals surface area contributed by atoms with Crippen LogP contribution in [-0.2, 0) is 24.6 Å². The molecular formula is C70H81N20O8+. The van der Waals surface area contributed by atoms with E-state index in [4.69, 9.17) is 4.74 Å². The number of aliphatic hydroxyl groups excluding tert-OH is 1. The van der Waals surface area contributed by atoms with Crippen molar-refractivity contribution in [3.8, 4) is 51.3 Å². The Bertz CT molecular complexity index is 4930. The summed E-state index contributed by atoms with van der Waals surface area (Å²) in [6, 6.07) is 28.3. The van der Waals surface area contributed by atoms with E-state index in [0.29, 0.717) is 104 Å². The van der Waals surface area contributed by atoms with Gasteiger partial charge < -0.3 is 41.3 Å². The topological polar surface area (TPSA) is 356 Å². The van der Waals surface area contributed by atoms with E-state index in [-0.39, 0.29) is 54.3 Å². The highest BCUT2D eigenvalue weighted by Gasteiger charge is 2.49. The number of phenolic OH excluding ortho intramolecular Hbond substituents is 2. The number of aliphatic hydroxyl groups is 1. The predicted molar refractivity (Wildman–Crippen MR) is 373 cm³/mol. The van der Waals surface area contributed by atoms with Gasteiger partial charge >= 0.3 is 5.84 Å². The van der Waals surface area contributed by atoms with Gasteiger partial charge in [0.05, 0.1) is 51.0 Å². The van der Waals surface area contributed by atoms with E-state index >= 15 is 0 Å². The van der Waals surface area contributed by atoms with Gasteiger partial charge in [-0.3, -0.25) is 19.2 Å². The minimum Gasteiger partial charge on any atom is -0.507 e. The number of carbonyl (C=O) groups is 4. The van der Waals surface area contributed by atoms with Gasteiger partial charge in [-0.15, -0.1) is 30.6 Å². The molecule has 0 saturated heterocycles. The maximum absolute atomic E-state index is 13.1. The molecule has 508 valence electrons. The molecule has 0 spiro atoms. The molecule has 4 aromatic carbocycles. The number of carbonyl (C=O) groups excluding carboxylic acids is 4. The molecule has 6 aromatic heterocycles. The van der Waals surface area contributed by atoms with Crippen molar-refractivity contribution < 1.29 is 43.9 Å². The van der Waals surface area contributed by atoms with E-state index in [1.165, 1.54) is 6.92 Å². The molecule has 28 nitrogen and oxygen atoms in total. The number of aryl methyl sites for hydroxylation is 2. The molecule has 2 unspecified atom stereocenters. The molecule has 2 aliphatic heterocycles. The summed E-state index contributed by atoms with van der Waals surface area (Å²) in [6.07, 6.45) is 2.19. The molecule has 2 atom stereocenters. The Morgan fingerprint density at radius 3 is 1.80 bits per heavy atom. The van der Waals surface area contributed by atoms with Gasteiger partial charge in [-0.1, -0.05) is 126 Å². The number of hydrogen-bond donors (Lipinski definition) is 7. The number of benzene rings is 4. The molecule has 7 N–H and O–H groups in total. The third kappa shape index (κ3) is 14.5. The average Bonchev–Trinajstić information content (AvgIpc) is 1.59. The highest BCUT2D eigenvalue weighted by molar-refractivity contribution is 6.45. The first-order valence-corrected chi connectivity index (χ1v) is 31.7. The lowest BCUT2D eigenvalue weighted by Crippen LogP contribution is -2.57. The fourth-order valence-corrected chi connectivity index (χ4v) is 10.2. The van der Waals surface area contributed by atoms with Crippen molar-refractivity contribution in [3.63, 3.8) is 0 Å². The van der Waals surface area contributed by atoms with Crippen LogP contribution in [0.5, 0.6) is 17.2 Å². The van der Waals surface area contributed by atoms with Gasteiger partial charge in [0.25, 0.3) is 18.0 Å². The lowest BCUT2D eigenvalue weighted by molar-refractivity contribution is -0.550. The number of azo groups is 1. The normalized spacial score (nSPS) is 13.8. The zero-order chi connectivity index (χ0) is 71.1. The first-order chi connectivity index (χ1) is 46.5. The Morgan fingerprint density at radius 2 is 1.21 bits per heavy atom. The van der Waals surface area contributed by atoms with Crippen LogP contribution >= 0.6 is 0 Å². The largest absolute Gasteiger partial charge is 0.507 e. The molecule has 8 heterocycles. The van der Waals surface area contributed by atoms with Crippen LogP contribution in [0.2, 0.25) is 0 Å². The maximum atomic E-state index is 13.1. The predicted octanol–water partition coefficient (Wildman–Crippen LogP) is 7.03. The van der Waals surface area contributed by atoms with E-state index in [1.807, 2.05) is 106 Å². The number of unbranched alkanes of at least 4 members (excludes halogenated alkanes) is 1. The molecule has 0 radical (unpaired) electrons. The minimum absolute atomic E-state index is 0.0788. The van der Waals surface area contributed by atoms with Gasteiger partial charge in [0.1, 0.15) is 22.9 Å². The van der Waals surface area contributed by atoms with Crippen LogP contribution in [0, 0.1) is 25.2 Å². The third-order valence-electron chi connectivity index (χ3n) is 17.1. The smallest absolute Gasteiger partial charge is 0.356 e. The number of amidine groups is 1. The fraction of sp³-hybridized carbons (Fsp3) is 0.329. The first kappa shape index (κ1) is 70.8. The van der Waals surface area contributed by atoms with Crippen molar-refractivity contribution in [2.24, 2.45) is 26.7 Å². The Balaban J connectivity index is 0.000000164. The molecule has 28 heteroatoms. The SMILES string of the molecule is C=C1C(C(=O)NCCCC)=N[N+]2=C(C(C)(C)CO)N=NC12.C=c1c(-c2ccccc2O)nn2c(C(C)(C)C(C)(C)NC(=O)COc3ccccc3NC(=O)C(C)CC)nnc12.C=c1c(C)nn2c(-c3ccccc3NC(C)=O)nnc12.C=c1c(C)nn2c(-c3ccccc3O)nnc12. The molecule has 0 fully saturated rings. The molecule has 12 rings (SSSR count). The molecule has 4 amide bonds. The Kier molecular flexibility index (Phi) is 21.1. The number of nitrogens with one attached hydrogen (secondary N) is 4. The van der Waals surface area contributed by atoms with Crippen molar-refractivity contribution in [1.82, 2.24) is 70.1 Å². The van der Waals surface area contributed by atoms with Crippen molar-refractivity contribution in [3.05, 3.63) is 142 Å². The van der Waals surface area contributed by atoms with E-state index < -0.39 is 22.5 Å². The number of anilines is 2. The molecular weight excluding hydrogens is 1250 g/mol. The van der Waals surface area contributed by atoms with Gasteiger partial charge in [0.2, 0.25) is 11.8 Å². The van der Waals surface area contributed by atoms with Gasteiger partial charge in [-0.2, -0.15) is 28.8 Å². The number of phenols is 2. The van der Waals surface area contributed by atoms with Crippen LogP contribution in [0.4, 0.5) is 11.4 Å². The van der Waals surface area contributed by atoms with Crippen LogP contribution in [0.25, 0.3) is 70.7 Å². The van der Waals surface area contributed by atoms with Gasteiger partial charge in [-0.05, 0) is 108 Å². The summed E-state index contributed by atoms with van der Waals surface area (Å²) in [4.78, 5) is 48.8. The van der Waals surface area contributed by atoms with Crippen LogP contribution < -0.4 is 41.7 Å². The molecule has 0 aliphatic carbocycles. The number of aromatic nitrogens is 12. The Morgan fingerprint density at radius 1 is 0.673 bits per heavy atom. The molecule has 2 aliphatic rings. The highest BCUT2D eigenvalue weighted by atomic mass is 16.5. The molecule has 0 bridgehead atoms. The van der Waals surface area contributed by atoms with Crippen molar-refractivity contribution in [1.29, 1.82) is 0 Å². The van der Waals surface area contributed by atoms with Gasteiger partial charge in [-0.25, -0.2) is 0 Å². The van der Waals surface area contributed by atoms with Crippen LogP contribution in [0.1, 0.15) is 106 Å². The number of rotatable bonds is 19. The Hall–Kier alpha value is -11.6. The summed E-state index contributed by atoms with van der Waals surface area (Å²) in [7, 11) is 0. The quantitative estimate of drug-likeness (QED) is 0.0315. The number of fused-ring (bicyclic) bond motifs is 4. The summed E-state index contributed by atoms with van der Waals surface area (Å²) >= 11 is 0. The number of amides is 4. The fourth-order valence-electron chi connectivity index (χ4n) is 10.2. The van der Waals surface area contributed by atoms with Crippen LogP contribution in [0.3, 0.4) is 0 Å². The lowest BCUT2D eigenvalue weighted by atomic mass is 9.73. The number of nitrogens with zero attached hydrogens (tertiary/aromatic N) is 16. The van der Waals surface area contributed by atoms with Crippen LogP contribution in [-0.4, -0.2) is 146 Å². The second-order valence-corrected chi connectivity index (χ2v) is 25.3. The second kappa shape index (κ2) is 29.2. The molecule has 10 aromatic rings. The van der Waals surface area contributed by atoms with Crippen LogP contribution in [0.15, 0.2) is 125 Å². The van der Waals surface area contributed by atoms with E-state index in [0.717, 1.165) is 40.2 Å². The maximum Gasteiger partial charge on any atom is 0.356 e. The molecule has 0 saturated carbocycles. The lowest BCUT2D eigenvalue weighted by Gasteiger charge is -2.40. The summed E-state index contributed by atoms with van der Waals surface area (Å²) in [5.41, 5.74) is 5.70. The van der Waals surface area contributed by atoms with E-state index in [1.54, 1.807) is 78.9 Å². The van der Waals surface area contributed by atoms with Crippen molar-refractivity contribution in [2.75, 3.05) is 30.4 Å². The monoisotopic (exact) mass is 1330 g/mol. The standard InChI is InChI=1S/C30H36N6O4.C14H21N5O2.C14H13N5O.C12H10N4O/c1-8-18(2)27(39)31-21-14-10-12-16-23(21)40-17-24(38)32-30(6,7)29(4,5)28-34-33-26-19(3)25(35-36(26)28)20-13-9-11-15-22(20)37;1-5-6-7-15-12(21)10-9(2)11-16-17-13(19(11)18-10)14(3,4)8-20;1-8-9(2)18-19-13(8)16-17-14(19)11-6-4-5-7-12(11)15-10(3)20;1-7-8(2)15-16-11(7)13-14-12(16)9-5-3-4-6-10(9)17/h9-16,18,37H,3,8,17H2,1-2,4-7H3,(H,31,39)(H,32,38);11,20H,2,5-8H2,1,3-4H3;4-7H,1H2,2-3H3,(H,15,20);3-6,17H,1H2,2H3/p+1. The van der Waals surface area contributed by atoms with Gasteiger partial charge in [0.15, 0.2) is 46.7 Å². The number of para-hydroxylation sites is 5. The van der Waals surface area contributed by atoms with Crippen molar-refractivity contribution in [2.45, 2.75) is 119 Å². The zero-order valence-corrected chi connectivity index (χ0v) is 57.0. The summed E-state index contributed by atoms with van der Waals surface area (Å²) in [6.45, 7) is 38.6. The summed E-state index contributed by atoms with van der Waals surface area (Å²) in [5.74, 6) is 1.88. The average molecular weight is 1330 g/mol. The molecule has 98 heavy (non-hydrogen) atoms. The second-order valence-electron chi connectivity index (χ2n) is 25.3. The summed E-state index contributed by atoms with van der Waals surface area (Å²) < 4.78 is 12.3. The van der Waals surface area contributed by atoms with Crippen molar-refractivity contribution >= 4 is 83.2 Å². The number of aromatic hydroxyl groups is 2. The van der Waals surface area contributed by atoms with E-state index in [2.05, 4.69) is 116 Å². The number of ether oxygens (including phenoxy) is 1. The number of hydrogen-bond acceptors (Lipinski definition) is 20. The third-order valence-corrected chi connectivity index (χ3v) is 17.1. The number of hydrazone groups is 1. The zero-order valence-electron chi connectivity index (χ0n) is 57.0. The van der Waals surface area contributed by atoms with Gasteiger partial charge in [0, 0.05) is 57.1 Å².